The number of hydrogen-bond donors (Lipinski definition) is 0. The first-order chi connectivity index (χ1) is 12.8. The maximum absolute atomic E-state index is 13.0. The highest BCUT2D eigenvalue weighted by Gasteiger charge is 2.26. The average Bonchev–Trinajstić information content (AvgIpc) is 3.13. The molecule has 2 aliphatic rings. The fourth-order valence-corrected chi connectivity index (χ4v) is 3.93. The van der Waals surface area contributed by atoms with Crippen LogP contribution in [0.3, 0.4) is 0 Å². The van der Waals surface area contributed by atoms with Crippen molar-refractivity contribution in [3.05, 3.63) is 36.3 Å². The molecule has 26 heavy (non-hydrogen) atoms. The zero-order valence-corrected chi connectivity index (χ0v) is 15.2. The first kappa shape index (κ1) is 17.3. The third kappa shape index (κ3) is 3.82. The van der Waals surface area contributed by atoms with Crippen molar-refractivity contribution in [1.29, 1.82) is 0 Å². The van der Waals surface area contributed by atoms with Crippen LogP contribution in [0.15, 0.2) is 36.3 Å². The van der Waals surface area contributed by atoms with Crippen molar-refractivity contribution in [1.82, 2.24) is 9.88 Å². The van der Waals surface area contributed by atoms with Crippen LogP contribution in [-0.2, 0) is 19.0 Å². The number of benzene rings is 1. The van der Waals surface area contributed by atoms with E-state index in [1.54, 1.807) is 4.90 Å². The van der Waals surface area contributed by atoms with Gasteiger partial charge in [0.2, 0.25) is 5.76 Å². The highest BCUT2D eigenvalue weighted by atomic mass is 32.1. The molecule has 4 rings (SSSR count). The van der Waals surface area contributed by atoms with Gasteiger partial charge >= 0.3 is 0 Å². The first-order valence-electron chi connectivity index (χ1n) is 8.73. The maximum Gasteiger partial charge on any atom is 0.298 e. The van der Waals surface area contributed by atoms with Gasteiger partial charge in [0.05, 0.1) is 23.4 Å². The molecule has 3 heterocycles. The number of ether oxygens (including phenoxy) is 3. The summed E-state index contributed by atoms with van der Waals surface area (Å²) in [5.74, 6) is 0.0227. The van der Waals surface area contributed by atoms with E-state index in [9.17, 15) is 4.79 Å². The smallest absolute Gasteiger partial charge is 0.298 e. The molecule has 0 atom stereocenters. The van der Waals surface area contributed by atoms with Crippen LogP contribution in [0.25, 0.3) is 10.2 Å². The summed E-state index contributed by atoms with van der Waals surface area (Å²) in [6, 6.07) is 7.90. The molecule has 1 fully saturated rings. The number of para-hydroxylation sites is 1. The molecule has 0 aliphatic carbocycles. The Hall–Kier alpha value is -2.16. The largest absolute Gasteiger partial charge is 0.494 e. The zero-order valence-electron chi connectivity index (χ0n) is 14.4. The molecule has 2 aliphatic heterocycles. The number of rotatable bonds is 5. The van der Waals surface area contributed by atoms with Gasteiger partial charge in [0.15, 0.2) is 5.13 Å². The topological polar surface area (TPSA) is 64.1 Å². The highest BCUT2D eigenvalue weighted by Crippen LogP contribution is 2.29. The number of carbonyl (C=O) groups excluding carboxylic acids is 1. The van der Waals surface area contributed by atoms with Crippen LogP contribution < -0.4 is 4.90 Å². The fraction of sp³-hybridized carbons (Fsp3) is 0.444. The number of morpholine rings is 1. The highest BCUT2D eigenvalue weighted by molar-refractivity contribution is 7.22. The zero-order chi connectivity index (χ0) is 17.8. The number of aromatic nitrogens is 1. The number of nitrogens with zero attached hydrogens (tertiary/aromatic N) is 3. The van der Waals surface area contributed by atoms with Crippen LogP contribution in [0.5, 0.6) is 0 Å². The number of anilines is 1. The Kier molecular flexibility index (Phi) is 5.33. The van der Waals surface area contributed by atoms with Crippen molar-refractivity contribution in [3.63, 3.8) is 0 Å². The molecule has 1 aromatic carbocycles. The standard InChI is InChI=1S/C18H21N3O4S/c22-17(15-13-24-11-12-25-15)21(6-5-20-7-9-23-10-8-20)18-19-14-3-1-2-4-16(14)26-18/h1-4,13H,5-12H2. The van der Waals surface area contributed by atoms with E-state index in [0.29, 0.717) is 24.9 Å². The fourth-order valence-electron chi connectivity index (χ4n) is 2.94. The summed E-state index contributed by atoms with van der Waals surface area (Å²) in [6.07, 6.45) is 1.40. The normalized spacial score (nSPS) is 18.1. The lowest BCUT2D eigenvalue weighted by Crippen LogP contribution is -2.44. The summed E-state index contributed by atoms with van der Waals surface area (Å²) in [4.78, 5) is 21.7. The summed E-state index contributed by atoms with van der Waals surface area (Å²) in [5.41, 5.74) is 0.895. The number of carbonyl (C=O) groups is 1. The lowest BCUT2D eigenvalue weighted by Gasteiger charge is -2.29. The Labute approximate surface area is 155 Å². The average molecular weight is 375 g/mol. The van der Waals surface area contributed by atoms with Crippen LogP contribution in [-0.4, -0.2) is 68.4 Å². The van der Waals surface area contributed by atoms with E-state index < -0.39 is 0 Å². The summed E-state index contributed by atoms with van der Waals surface area (Å²) in [6.45, 7) is 5.38. The summed E-state index contributed by atoms with van der Waals surface area (Å²) >= 11 is 1.51. The van der Waals surface area contributed by atoms with Crippen molar-refractivity contribution < 1.29 is 19.0 Å². The molecule has 2 aromatic rings. The second-order valence-electron chi connectivity index (χ2n) is 6.08. The second-order valence-corrected chi connectivity index (χ2v) is 7.09. The van der Waals surface area contributed by atoms with Crippen LogP contribution in [0.1, 0.15) is 0 Å². The van der Waals surface area contributed by atoms with Crippen molar-refractivity contribution in [2.75, 3.05) is 57.5 Å². The van der Waals surface area contributed by atoms with Crippen molar-refractivity contribution >= 4 is 32.6 Å². The third-order valence-corrected chi connectivity index (χ3v) is 5.42. The van der Waals surface area contributed by atoms with Gasteiger partial charge in [-0.3, -0.25) is 14.6 Å². The number of fused-ring (bicyclic) bond motifs is 1. The van der Waals surface area contributed by atoms with Gasteiger partial charge in [-0.25, -0.2) is 4.98 Å². The third-order valence-electron chi connectivity index (χ3n) is 4.36. The van der Waals surface area contributed by atoms with Crippen LogP contribution in [0, 0.1) is 0 Å². The number of hydrogen-bond acceptors (Lipinski definition) is 7. The van der Waals surface area contributed by atoms with Gasteiger partial charge in [0.1, 0.15) is 19.5 Å². The van der Waals surface area contributed by atoms with Crippen molar-refractivity contribution in [2.45, 2.75) is 0 Å². The molecule has 0 radical (unpaired) electrons. The summed E-state index contributed by atoms with van der Waals surface area (Å²) in [7, 11) is 0. The molecule has 138 valence electrons. The van der Waals surface area contributed by atoms with Crippen LogP contribution >= 0.6 is 11.3 Å². The predicted octanol–water partition coefficient (Wildman–Crippen LogP) is 1.85. The Morgan fingerprint density at radius 1 is 1.19 bits per heavy atom. The molecule has 0 N–H and O–H groups in total. The van der Waals surface area contributed by atoms with Crippen molar-refractivity contribution in [3.8, 4) is 0 Å². The molecule has 0 bridgehead atoms. The quantitative estimate of drug-likeness (QED) is 0.795. The first-order valence-corrected chi connectivity index (χ1v) is 9.55. The molecular formula is C18H21N3O4S. The number of thiazole rings is 1. The Bertz CT molecular complexity index is 768. The minimum absolute atomic E-state index is 0.211. The van der Waals surface area contributed by atoms with Gasteiger partial charge in [-0.05, 0) is 12.1 Å². The molecule has 1 amide bonds. The molecule has 1 aromatic heterocycles. The van der Waals surface area contributed by atoms with E-state index in [4.69, 9.17) is 14.2 Å². The van der Waals surface area contributed by atoms with Gasteiger partial charge in [-0.2, -0.15) is 0 Å². The molecule has 0 spiro atoms. The number of amides is 1. The maximum atomic E-state index is 13.0. The Morgan fingerprint density at radius 2 is 2.04 bits per heavy atom. The monoisotopic (exact) mass is 375 g/mol. The summed E-state index contributed by atoms with van der Waals surface area (Å²) in [5, 5.41) is 0.680. The van der Waals surface area contributed by atoms with E-state index >= 15 is 0 Å². The van der Waals surface area contributed by atoms with Gasteiger partial charge < -0.3 is 14.2 Å². The van der Waals surface area contributed by atoms with E-state index in [-0.39, 0.29) is 11.7 Å². The van der Waals surface area contributed by atoms with E-state index in [0.717, 1.165) is 43.1 Å². The SMILES string of the molecule is O=C(C1=COCCO1)N(CCN1CCOCC1)c1nc2ccccc2s1. The van der Waals surface area contributed by atoms with Gasteiger partial charge in [0.25, 0.3) is 5.91 Å². The molecule has 0 unspecified atom stereocenters. The van der Waals surface area contributed by atoms with Gasteiger partial charge in [-0.1, -0.05) is 23.5 Å². The Balaban J connectivity index is 1.57. The van der Waals surface area contributed by atoms with E-state index in [1.165, 1.54) is 17.6 Å². The summed E-state index contributed by atoms with van der Waals surface area (Å²) < 4.78 is 17.2. The van der Waals surface area contributed by atoms with Crippen molar-refractivity contribution in [2.24, 2.45) is 0 Å². The van der Waals surface area contributed by atoms with Crippen LogP contribution in [0.2, 0.25) is 0 Å². The van der Waals surface area contributed by atoms with Crippen LogP contribution in [0.4, 0.5) is 5.13 Å². The minimum Gasteiger partial charge on any atom is -0.494 e. The molecule has 0 saturated carbocycles. The van der Waals surface area contributed by atoms with E-state index in [2.05, 4.69) is 9.88 Å². The molecular weight excluding hydrogens is 354 g/mol. The molecule has 8 heteroatoms. The van der Waals surface area contributed by atoms with E-state index in [1.807, 2.05) is 24.3 Å². The molecule has 1 saturated heterocycles. The second kappa shape index (κ2) is 8.03. The van der Waals surface area contributed by atoms with Gasteiger partial charge in [-0.15, -0.1) is 0 Å². The Morgan fingerprint density at radius 3 is 2.81 bits per heavy atom. The predicted molar refractivity (Wildman–Crippen MR) is 99.2 cm³/mol. The lowest BCUT2D eigenvalue weighted by molar-refractivity contribution is -0.119. The lowest BCUT2D eigenvalue weighted by atomic mass is 10.3. The minimum atomic E-state index is -0.211. The molecule has 7 nitrogen and oxygen atoms in total. The van der Waals surface area contributed by atoms with Gasteiger partial charge in [0, 0.05) is 26.2 Å².